The van der Waals surface area contributed by atoms with E-state index in [0.29, 0.717) is 0 Å². The lowest BCUT2D eigenvalue weighted by Crippen LogP contribution is -2.45. The Kier molecular flexibility index (Phi) is 5.25. The summed E-state index contributed by atoms with van der Waals surface area (Å²) < 4.78 is 5.77. The number of hydrogen-bond acceptors (Lipinski definition) is 2. The number of hydrogen-bond donors (Lipinski definition) is 2. The molecule has 19 heavy (non-hydrogen) atoms. The summed E-state index contributed by atoms with van der Waals surface area (Å²) in [5.74, 6) is 0.885. The molecule has 1 heterocycles. The number of nitrogens with zero attached hydrogens (tertiary/aromatic N) is 1. The second kappa shape index (κ2) is 6.94. The highest BCUT2D eigenvalue weighted by Crippen LogP contribution is 2.23. The van der Waals surface area contributed by atoms with E-state index in [1.165, 1.54) is 25.7 Å². The third-order valence-electron chi connectivity index (χ3n) is 4.03. The lowest BCUT2D eigenvalue weighted by atomic mass is 10.0. The monoisotopic (exact) mass is 265 g/mol. The van der Waals surface area contributed by atoms with Crippen LogP contribution in [0.2, 0.25) is 0 Å². The average Bonchev–Trinajstić information content (AvgIpc) is 3.06. The van der Waals surface area contributed by atoms with Gasteiger partial charge in [0.15, 0.2) is 5.96 Å². The van der Waals surface area contributed by atoms with Crippen LogP contribution in [0.4, 0.5) is 0 Å². The molecule has 4 heteroatoms. The van der Waals surface area contributed by atoms with Gasteiger partial charge in [0.1, 0.15) is 0 Å². The molecule has 1 fully saturated rings. The predicted octanol–water partition coefficient (Wildman–Crippen LogP) is 2.22. The Morgan fingerprint density at radius 1 is 1.42 bits per heavy atom. The van der Waals surface area contributed by atoms with Gasteiger partial charge in [0.2, 0.25) is 0 Å². The van der Waals surface area contributed by atoms with E-state index in [4.69, 9.17) is 4.74 Å². The molecule has 2 rings (SSSR count). The molecule has 0 aromatic carbocycles. The third kappa shape index (κ3) is 4.53. The third-order valence-corrected chi connectivity index (χ3v) is 4.03. The summed E-state index contributed by atoms with van der Waals surface area (Å²) in [5.41, 5.74) is 1.57. The summed E-state index contributed by atoms with van der Waals surface area (Å²) >= 11 is 0. The van der Waals surface area contributed by atoms with E-state index < -0.39 is 0 Å². The summed E-state index contributed by atoms with van der Waals surface area (Å²) in [6.07, 6.45) is 9.68. The topological polar surface area (TPSA) is 45.7 Å². The first-order valence-electron chi connectivity index (χ1n) is 7.48. The maximum absolute atomic E-state index is 5.77. The van der Waals surface area contributed by atoms with E-state index >= 15 is 0 Å². The zero-order chi connectivity index (χ0) is 13.6. The molecule has 0 amide bonds. The molecular formula is C15H27N3O. The van der Waals surface area contributed by atoms with Crippen molar-refractivity contribution in [3.63, 3.8) is 0 Å². The van der Waals surface area contributed by atoms with Gasteiger partial charge in [-0.1, -0.05) is 11.6 Å². The second-order valence-electron chi connectivity index (χ2n) is 5.76. The van der Waals surface area contributed by atoms with Gasteiger partial charge in [-0.25, -0.2) is 0 Å². The fourth-order valence-corrected chi connectivity index (χ4v) is 2.77. The smallest absolute Gasteiger partial charge is 0.191 e. The van der Waals surface area contributed by atoms with Crippen molar-refractivity contribution in [2.75, 3.05) is 26.7 Å². The summed E-state index contributed by atoms with van der Waals surface area (Å²) in [6, 6.07) is 0. The van der Waals surface area contributed by atoms with E-state index in [9.17, 15) is 0 Å². The molecule has 1 atom stereocenters. The normalized spacial score (nSPS) is 27.5. The first-order chi connectivity index (χ1) is 9.22. The highest BCUT2D eigenvalue weighted by atomic mass is 16.5. The molecule has 0 aromatic rings. The van der Waals surface area contributed by atoms with Crippen LogP contribution < -0.4 is 10.6 Å². The summed E-state index contributed by atoms with van der Waals surface area (Å²) in [6.45, 7) is 4.85. The van der Waals surface area contributed by atoms with E-state index in [2.05, 4.69) is 28.6 Å². The van der Waals surface area contributed by atoms with Crippen LogP contribution in [0.15, 0.2) is 16.6 Å². The highest BCUT2D eigenvalue weighted by molar-refractivity contribution is 5.79. The number of aliphatic imine (C=N–C) groups is 1. The molecule has 1 saturated heterocycles. The standard InChI is InChI=1S/C15H27N3O/c1-15(9-5-11-19-15)12-18-14(16-2)17-10-8-13-6-3-4-7-13/h6H,3-5,7-12H2,1-2H3,(H2,16,17,18). The van der Waals surface area contributed by atoms with E-state index in [-0.39, 0.29) is 5.60 Å². The van der Waals surface area contributed by atoms with Gasteiger partial charge in [-0.05, 0) is 45.4 Å². The quantitative estimate of drug-likeness (QED) is 0.455. The van der Waals surface area contributed by atoms with Crippen molar-refractivity contribution in [3.8, 4) is 0 Å². The van der Waals surface area contributed by atoms with Crippen LogP contribution in [0, 0.1) is 0 Å². The van der Waals surface area contributed by atoms with Crippen molar-refractivity contribution in [3.05, 3.63) is 11.6 Å². The van der Waals surface area contributed by atoms with Gasteiger partial charge in [0.05, 0.1) is 5.60 Å². The lowest BCUT2D eigenvalue weighted by molar-refractivity contribution is 0.0243. The van der Waals surface area contributed by atoms with Crippen molar-refractivity contribution in [1.29, 1.82) is 0 Å². The van der Waals surface area contributed by atoms with Gasteiger partial charge in [-0.2, -0.15) is 0 Å². The van der Waals surface area contributed by atoms with Gasteiger partial charge in [0, 0.05) is 26.7 Å². The van der Waals surface area contributed by atoms with Crippen LogP contribution in [0.3, 0.4) is 0 Å². The molecule has 1 unspecified atom stereocenters. The van der Waals surface area contributed by atoms with Gasteiger partial charge >= 0.3 is 0 Å². The molecular weight excluding hydrogens is 238 g/mol. The zero-order valence-electron chi connectivity index (χ0n) is 12.3. The second-order valence-corrected chi connectivity index (χ2v) is 5.76. The number of rotatable bonds is 5. The summed E-state index contributed by atoms with van der Waals surface area (Å²) in [7, 11) is 1.82. The SMILES string of the molecule is CN=C(NCCC1=CCCC1)NCC1(C)CCCO1. The zero-order valence-corrected chi connectivity index (χ0v) is 12.3. The van der Waals surface area contributed by atoms with Crippen molar-refractivity contribution < 1.29 is 4.74 Å². The molecule has 0 saturated carbocycles. The largest absolute Gasteiger partial charge is 0.373 e. The lowest BCUT2D eigenvalue weighted by Gasteiger charge is -2.24. The Morgan fingerprint density at radius 2 is 2.32 bits per heavy atom. The molecule has 0 aromatic heterocycles. The Hall–Kier alpha value is -1.03. The Morgan fingerprint density at radius 3 is 2.95 bits per heavy atom. The number of allylic oxidation sites excluding steroid dienone is 1. The van der Waals surface area contributed by atoms with E-state index in [1.807, 2.05) is 7.05 Å². The molecule has 0 spiro atoms. The fourth-order valence-electron chi connectivity index (χ4n) is 2.77. The number of ether oxygens (including phenoxy) is 1. The molecule has 0 radical (unpaired) electrons. The molecule has 4 nitrogen and oxygen atoms in total. The Labute approximate surface area is 116 Å². The van der Waals surface area contributed by atoms with Gasteiger partial charge in [-0.3, -0.25) is 4.99 Å². The number of guanidine groups is 1. The minimum atomic E-state index is -0.0222. The Bertz CT molecular complexity index is 343. The van der Waals surface area contributed by atoms with Crippen LogP contribution in [0.25, 0.3) is 0 Å². The van der Waals surface area contributed by atoms with E-state index in [1.54, 1.807) is 5.57 Å². The van der Waals surface area contributed by atoms with Crippen molar-refractivity contribution in [2.45, 2.75) is 51.0 Å². The molecule has 0 bridgehead atoms. The summed E-state index contributed by atoms with van der Waals surface area (Å²) in [4.78, 5) is 4.26. The minimum absolute atomic E-state index is 0.0222. The molecule has 108 valence electrons. The maximum atomic E-state index is 5.77. The first kappa shape index (κ1) is 14.4. The maximum Gasteiger partial charge on any atom is 0.191 e. The average molecular weight is 265 g/mol. The minimum Gasteiger partial charge on any atom is -0.373 e. The van der Waals surface area contributed by atoms with Crippen molar-refractivity contribution in [2.24, 2.45) is 4.99 Å². The van der Waals surface area contributed by atoms with Crippen LogP contribution in [0.5, 0.6) is 0 Å². The van der Waals surface area contributed by atoms with Crippen LogP contribution in [-0.2, 0) is 4.74 Å². The Balaban J connectivity index is 1.65. The molecule has 2 aliphatic rings. The fraction of sp³-hybridized carbons (Fsp3) is 0.800. The summed E-state index contributed by atoms with van der Waals surface area (Å²) in [5, 5.41) is 6.75. The van der Waals surface area contributed by atoms with Crippen LogP contribution in [-0.4, -0.2) is 38.3 Å². The van der Waals surface area contributed by atoms with E-state index in [0.717, 1.165) is 38.5 Å². The number of nitrogens with one attached hydrogen (secondary N) is 2. The van der Waals surface area contributed by atoms with Gasteiger partial charge in [-0.15, -0.1) is 0 Å². The van der Waals surface area contributed by atoms with Crippen molar-refractivity contribution >= 4 is 5.96 Å². The molecule has 1 aliphatic heterocycles. The van der Waals surface area contributed by atoms with Crippen molar-refractivity contribution in [1.82, 2.24) is 10.6 Å². The van der Waals surface area contributed by atoms with Crippen LogP contribution in [0.1, 0.15) is 45.4 Å². The predicted molar refractivity (Wildman–Crippen MR) is 79.5 cm³/mol. The highest BCUT2D eigenvalue weighted by Gasteiger charge is 2.29. The molecule has 1 aliphatic carbocycles. The van der Waals surface area contributed by atoms with Gasteiger partial charge in [0.25, 0.3) is 0 Å². The van der Waals surface area contributed by atoms with Crippen LogP contribution >= 0.6 is 0 Å². The first-order valence-corrected chi connectivity index (χ1v) is 7.48. The van der Waals surface area contributed by atoms with Gasteiger partial charge < -0.3 is 15.4 Å². The molecule has 2 N–H and O–H groups in total.